The number of carbonyl (C=O) groups is 2. The van der Waals surface area contributed by atoms with Crippen LogP contribution in [-0.4, -0.2) is 42.8 Å². The van der Waals surface area contributed by atoms with Crippen molar-refractivity contribution < 1.29 is 23.1 Å². The van der Waals surface area contributed by atoms with E-state index in [1.165, 1.54) is 18.1 Å². The third-order valence-corrected chi connectivity index (χ3v) is 6.48. The van der Waals surface area contributed by atoms with Gasteiger partial charge in [-0.15, -0.1) is 11.6 Å². The number of methoxy groups -OCH3 is 1. The molecule has 1 aliphatic carbocycles. The quantitative estimate of drug-likeness (QED) is 0.507. The summed E-state index contributed by atoms with van der Waals surface area (Å²) >= 11 is 12.2. The maximum atomic E-state index is 14.1. The molecule has 1 fully saturated rings. The summed E-state index contributed by atoms with van der Waals surface area (Å²) in [5.41, 5.74) is -0.185. The Bertz CT molecular complexity index is 979. The summed E-state index contributed by atoms with van der Waals surface area (Å²) < 4.78 is 33.4. The molecule has 2 aromatic carbocycles. The maximum absolute atomic E-state index is 14.1. The van der Waals surface area contributed by atoms with E-state index in [9.17, 15) is 18.4 Å². The van der Waals surface area contributed by atoms with Gasteiger partial charge in [-0.3, -0.25) is 14.5 Å². The van der Waals surface area contributed by atoms with Crippen molar-refractivity contribution in [3.05, 3.63) is 59.1 Å². The van der Waals surface area contributed by atoms with E-state index in [1.807, 2.05) is 30.3 Å². The summed E-state index contributed by atoms with van der Waals surface area (Å²) in [5, 5.41) is 3.08. The number of ether oxygens (including phenoxy) is 1. The van der Waals surface area contributed by atoms with Gasteiger partial charge in [0.15, 0.2) is 0 Å². The van der Waals surface area contributed by atoms with Gasteiger partial charge in [0.1, 0.15) is 17.2 Å². The summed E-state index contributed by atoms with van der Waals surface area (Å²) in [6, 6.07) is 14.2. The molecule has 1 N–H and O–H groups in total. The van der Waals surface area contributed by atoms with Crippen molar-refractivity contribution in [3.8, 4) is 5.75 Å². The number of anilines is 1. The Morgan fingerprint density at radius 1 is 1.09 bits per heavy atom. The van der Waals surface area contributed by atoms with Crippen LogP contribution in [0.1, 0.15) is 31.2 Å². The molecule has 0 bridgehead atoms. The number of benzene rings is 2. The zero-order chi connectivity index (χ0) is 24.1. The largest absolute Gasteiger partial charge is 0.495 e. The van der Waals surface area contributed by atoms with Crippen LogP contribution in [0.2, 0.25) is 5.02 Å². The number of halogens is 4. The monoisotopic (exact) mass is 498 g/mol. The van der Waals surface area contributed by atoms with Crippen LogP contribution >= 0.6 is 23.2 Å². The van der Waals surface area contributed by atoms with Gasteiger partial charge in [0.2, 0.25) is 17.7 Å². The lowest BCUT2D eigenvalue weighted by molar-refractivity contribution is -0.135. The first-order valence-corrected chi connectivity index (χ1v) is 11.6. The summed E-state index contributed by atoms with van der Waals surface area (Å²) in [5.74, 6) is -3.99. The molecule has 178 valence electrons. The smallest absolute Gasteiger partial charge is 0.248 e. The Labute approximate surface area is 202 Å². The predicted octanol–water partition coefficient (Wildman–Crippen LogP) is 5.23. The number of carbonyl (C=O) groups excluding carboxylic acids is 2. The predicted molar refractivity (Wildman–Crippen MR) is 126 cm³/mol. The van der Waals surface area contributed by atoms with Crippen molar-refractivity contribution in [2.24, 2.45) is 0 Å². The van der Waals surface area contributed by atoms with Crippen LogP contribution in [0.25, 0.3) is 0 Å². The van der Waals surface area contributed by atoms with E-state index < -0.39 is 42.0 Å². The highest BCUT2D eigenvalue weighted by Crippen LogP contribution is 2.44. The lowest BCUT2D eigenvalue weighted by atomic mass is 9.77. The zero-order valence-electron chi connectivity index (χ0n) is 18.3. The number of alkyl halides is 3. The number of rotatable bonds is 8. The first kappa shape index (κ1) is 25.2. The van der Waals surface area contributed by atoms with E-state index in [2.05, 4.69) is 5.32 Å². The van der Waals surface area contributed by atoms with Crippen LogP contribution in [0.5, 0.6) is 5.75 Å². The number of hydrogen-bond acceptors (Lipinski definition) is 3. The highest BCUT2D eigenvalue weighted by molar-refractivity contribution is 6.33. The molecule has 1 saturated carbocycles. The molecule has 3 rings (SSSR count). The average molecular weight is 499 g/mol. The van der Waals surface area contributed by atoms with Crippen LogP contribution in [0.4, 0.5) is 14.5 Å². The molecule has 0 atom stereocenters. The number of amides is 2. The Kier molecular flexibility index (Phi) is 8.19. The Morgan fingerprint density at radius 2 is 1.76 bits per heavy atom. The molecule has 9 heteroatoms. The summed E-state index contributed by atoms with van der Waals surface area (Å²) in [6.45, 7) is 0.299. The van der Waals surface area contributed by atoms with Crippen LogP contribution in [0, 0.1) is 0 Å². The Morgan fingerprint density at radius 3 is 2.33 bits per heavy atom. The fraction of sp³-hybridized carbons (Fsp3) is 0.417. The van der Waals surface area contributed by atoms with Crippen LogP contribution in [0.3, 0.4) is 0 Å². The van der Waals surface area contributed by atoms with E-state index in [1.54, 1.807) is 12.1 Å². The number of nitrogens with one attached hydrogen (secondary N) is 1. The van der Waals surface area contributed by atoms with Crippen LogP contribution < -0.4 is 15.0 Å². The Balaban J connectivity index is 1.94. The lowest BCUT2D eigenvalue weighted by Crippen LogP contribution is -2.64. The van der Waals surface area contributed by atoms with Crippen LogP contribution in [-0.2, 0) is 16.0 Å². The van der Waals surface area contributed by atoms with Gasteiger partial charge in [-0.25, -0.2) is 8.78 Å². The molecule has 1 aliphatic rings. The highest BCUT2D eigenvalue weighted by Gasteiger charge is 2.53. The second-order valence-electron chi connectivity index (χ2n) is 8.06. The average Bonchev–Trinajstić information content (AvgIpc) is 2.81. The van der Waals surface area contributed by atoms with Crippen molar-refractivity contribution in [1.82, 2.24) is 5.32 Å². The molecule has 2 aromatic rings. The van der Waals surface area contributed by atoms with E-state index in [0.29, 0.717) is 24.4 Å². The third-order valence-electron chi connectivity index (χ3n) is 5.96. The van der Waals surface area contributed by atoms with Gasteiger partial charge < -0.3 is 10.1 Å². The molecule has 0 heterocycles. The van der Waals surface area contributed by atoms with Gasteiger partial charge in [0.25, 0.3) is 0 Å². The maximum Gasteiger partial charge on any atom is 0.248 e. The summed E-state index contributed by atoms with van der Waals surface area (Å²) in [7, 11) is 1.45. The van der Waals surface area contributed by atoms with Gasteiger partial charge in [-0.05, 0) is 43.0 Å². The molecule has 0 aliphatic heterocycles. The standard InChI is InChI=1S/C24H26Cl2F2N2O3/c1-33-20-8-7-18(15-19(20)26)30(21(31)16-25)23(10-12-24(27,28)13-11-23)22(32)29-14-9-17-5-3-2-4-6-17/h2-8,15H,9-14,16H2,1H3,(H,29,32). The topological polar surface area (TPSA) is 58.6 Å². The van der Waals surface area contributed by atoms with E-state index in [4.69, 9.17) is 27.9 Å². The van der Waals surface area contributed by atoms with Crippen molar-refractivity contribution in [2.45, 2.75) is 43.6 Å². The molecule has 2 amide bonds. The molecular weight excluding hydrogens is 473 g/mol. The second-order valence-corrected chi connectivity index (χ2v) is 8.74. The normalized spacial score (nSPS) is 16.6. The zero-order valence-corrected chi connectivity index (χ0v) is 19.8. The van der Waals surface area contributed by atoms with E-state index >= 15 is 0 Å². The highest BCUT2D eigenvalue weighted by atomic mass is 35.5. The van der Waals surface area contributed by atoms with Gasteiger partial charge in [0, 0.05) is 25.1 Å². The lowest BCUT2D eigenvalue weighted by Gasteiger charge is -2.46. The number of hydrogen-bond donors (Lipinski definition) is 1. The van der Waals surface area contributed by atoms with Crippen molar-refractivity contribution in [2.75, 3.05) is 24.4 Å². The third kappa shape index (κ3) is 5.76. The van der Waals surface area contributed by atoms with Crippen molar-refractivity contribution in [1.29, 1.82) is 0 Å². The molecule has 33 heavy (non-hydrogen) atoms. The Hall–Kier alpha value is -2.38. The molecule has 0 spiro atoms. The SMILES string of the molecule is COc1ccc(N(C(=O)CCl)C2(C(=O)NCCc3ccccc3)CCC(F)(F)CC2)cc1Cl. The fourth-order valence-corrected chi connectivity index (χ4v) is 4.57. The second kappa shape index (κ2) is 10.7. The van der Waals surface area contributed by atoms with Crippen LogP contribution in [0.15, 0.2) is 48.5 Å². The van der Waals surface area contributed by atoms with Gasteiger partial charge in [-0.1, -0.05) is 41.9 Å². The molecule has 0 aromatic heterocycles. The molecular formula is C24H26Cl2F2N2O3. The molecule has 0 radical (unpaired) electrons. The molecule has 5 nitrogen and oxygen atoms in total. The summed E-state index contributed by atoms with van der Waals surface area (Å²) in [6.07, 6.45) is -0.881. The summed E-state index contributed by atoms with van der Waals surface area (Å²) in [4.78, 5) is 27.7. The van der Waals surface area contributed by atoms with E-state index in [0.717, 1.165) is 5.56 Å². The van der Waals surface area contributed by atoms with Gasteiger partial charge in [0.05, 0.1) is 12.1 Å². The first-order chi connectivity index (χ1) is 15.7. The minimum absolute atomic E-state index is 0.205. The minimum Gasteiger partial charge on any atom is -0.495 e. The number of nitrogens with zero attached hydrogens (tertiary/aromatic N) is 1. The van der Waals surface area contributed by atoms with Crippen molar-refractivity contribution in [3.63, 3.8) is 0 Å². The fourth-order valence-electron chi connectivity index (χ4n) is 4.20. The minimum atomic E-state index is -2.90. The molecule has 0 unspecified atom stereocenters. The van der Waals surface area contributed by atoms with E-state index in [-0.39, 0.29) is 17.9 Å². The molecule has 0 saturated heterocycles. The first-order valence-electron chi connectivity index (χ1n) is 10.6. The van der Waals surface area contributed by atoms with Gasteiger partial charge in [-0.2, -0.15) is 0 Å². The van der Waals surface area contributed by atoms with Crippen molar-refractivity contribution >= 4 is 40.7 Å². The van der Waals surface area contributed by atoms with Gasteiger partial charge >= 0.3 is 0 Å².